The van der Waals surface area contributed by atoms with Gasteiger partial charge in [0, 0.05) is 5.41 Å². The summed E-state index contributed by atoms with van der Waals surface area (Å²) in [4.78, 5) is 10.5. The molecular weight excluding hydrogens is 216 g/mol. The van der Waals surface area contributed by atoms with Crippen LogP contribution in [0.1, 0.15) is 39.4 Å². The minimum Gasteiger partial charge on any atom is -0.437 e. The number of ether oxygens (including phenoxy) is 2. The third-order valence-electron chi connectivity index (χ3n) is 2.48. The highest BCUT2D eigenvalue weighted by molar-refractivity contribution is 5.37. The molecule has 0 saturated heterocycles. The molecule has 0 aromatic heterocycles. The van der Waals surface area contributed by atoms with E-state index in [0.717, 1.165) is 5.56 Å². The van der Waals surface area contributed by atoms with E-state index in [1.54, 1.807) is 0 Å². The Labute approximate surface area is 103 Å². The molecule has 0 aliphatic rings. The van der Waals surface area contributed by atoms with Gasteiger partial charge in [0.15, 0.2) is 0 Å². The van der Waals surface area contributed by atoms with Gasteiger partial charge >= 0.3 is 0 Å². The molecule has 3 heteroatoms. The van der Waals surface area contributed by atoms with Crippen molar-refractivity contribution in [2.45, 2.75) is 40.1 Å². The van der Waals surface area contributed by atoms with E-state index in [1.165, 1.54) is 0 Å². The fraction of sp³-hybridized carbons (Fsp3) is 0.500. The molecule has 94 valence electrons. The Hall–Kier alpha value is -1.35. The van der Waals surface area contributed by atoms with Crippen LogP contribution in [-0.2, 0) is 14.3 Å². The predicted molar refractivity (Wildman–Crippen MR) is 66.3 cm³/mol. The summed E-state index contributed by atoms with van der Waals surface area (Å²) in [6, 6.07) is 9.86. The molecule has 0 saturated carbocycles. The molecule has 0 fully saturated rings. The Morgan fingerprint density at radius 3 is 2.24 bits per heavy atom. The Morgan fingerprint density at radius 2 is 1.76 bits per heavy atom. The normalized spacial score (nSPS) is 15.1. The van der Waals surface area contributed by atoms with E-state index < -0.39 is 6.29 Å². The summed E-state index contributed by atoms with van der Waals surface area (Å²) in [5, 5.41) is 0. The maximum Gasteiger partial charge on any atom is 0.295 e. The average Bonchev–Trinajstić information content (AvgIpc) is 2.28. The maximum atomic E-state index is 10.5. The van der Waals surface area contributed by atoms with E-state index in [4.69, 9.17) is 9.47 Å². The van der Waals surface area contributed by atoms with Gasteiger partial charge in [-0.2, -0.15) is 0 Å². The zero-order chi connectivity index (χ0) is 12.9. The van der Waals surface area contributed by atoms with Crippen LogP contribution in [0.2, 0.25) is 0 Å². The summed E-state index contributed by atoms with van der Waals surface area (Å²) >= 11 is 0. The maximum absolute atomic E-state index is 10.5. The summed E-state index contributed by atoms with van der Waals surface area (Å²) in [5.41, 5.74) is 0.820. The Kier molecular flexibility index (Phi) is 4.70. The van der Waals surface area contributed by atoms with Crippen LogP contribution in [0.4, 0.5) is 0 Å². The number of benzene rings is 1. The van der Waals surface area contributed by atoms with Crippen LogP contribution in [0.3, 0.4) is 0 Å². The van der Waals surface area contributed by atoms with Gasteiger partial charge in [-0.15, -0.1) is 0 Å². The third kappa shape index (κ3) is 4.19. The molecule has 1 rings (SSSR count). The first-order valence-electron chi connectivity index (χ1n) is 5.74. The lowest BCUT2D eigenvalue weighted by molar-refractivity contribution is -0.206. The number of carbonyl (C=O) groups is 1. The van der Waals surface area contributed by atoms with Crippen molar-refractivity contribution in [3.63, 3.8) is 0 Å². The minimum absolute atomic E-state index is 0.111. The second-order valence-electron chi connectivity index (χ2n) is 5.12. The van der Waals surface area contributed by atoms with Crippen LogP contribution in [0, 0.1) is 5.41 Å². The summed E-state index contributed by atoms with van der Waals surface area (Å²) in [6.45, 7) is 8.30. The molecule has 0 aliphatic carbocycles. The number of hydrogen-bond acceptors (Lipinski definition) is 3. The van der Waals surface area contributed by atoms with E-state index in [1.807, 2.05) is 58.0 Å². The van der Waals surface area contributed by atoms with Crippen molar-refractivity contribution in [3.05, 3.63) is 35.9 Å². The second-order valence-corrected chi connectivity index (χ2v) is 5.12. The quantitative estimate of drug-likeness (QED) is 0.581. The highest BCUT2D eigenvalue weighted by atomic mass is 16.7. The molecule has 17 heavy (non-hydrogen) atoms. The zero-order valence-electron chi connectivity index (χ0n) is 10.8. The van der Waals surface area contributed by atoms with E-state index in [2.05, 4.69) is 0 Å². The molecule has 0 heterocycles. The lowest BCUT2D eigenvalue weighted by Crippen LogP contribution is -2.32. The Bertz CT molecular complexity index is 340. The number of rotatable bonds is 5. The van der Waals surface area contributed by atoms with Crippen molar-refractivity contribution in [3.8, 4) is 0 Å². The van der Waals surface area contributed by atoms with Crippen LogP contribution in [0.5, 0.6) is 0 Å². The fourth-order valence-corrected chi connectivity index (χ4v) is 1.48. The lowest BCUT2D eigenvalue weighted by Gasteiger charge is -2.31. The summed E-state index contributed by atoms with van der Waals surface area (Å²) in [7, 11) is 0. The van der Waals surface area contributed by atoms with Gasteiger partial charge in [0.2, 0.25) is 6.29 Å². The monoisotopic (exact) mass is 236 g/mol. The smallest absolute Gasteiger partial charge is 0.295 e. The highest BCUT2D eigenvalue weighted by Crippen LogP contribution is 2.28. The highest BCUT2D eigenvalue weighted by Gasteiger charge is 2.29. The number of carbonyl (C=O) groups excluding carboxylic acids is 1. The van der Waals surface area contributed by atoms with Crippen molar-refractivity contribution in [1.82, 2.24) is 0 Å². The molecule has 0 amide bonds. The average molecular weight is 236 g/mol. The topological polar surface area (TPSA) is 35.5 Å². The Balaban J connectivity index is 2.71. The van der Waals surface area contributed by atoms with Crippen molar-refractivity contribution in [2.24, 2.45) is 5.41 Å². The van der Waals surface area contributed by atoms with Gasteiger partial charge in [-0.1, -0.05) is 51.1 Å². The summed E-state index contributed by atoms with van der Waals surface area (Å²) in [5.74, 6) is 0. The van der Waals surface area contributed by atoms with Gasteiger partial charge in [0.25, 0.3) is 6.47 Å². The molecule has 0 radical (unpaired) electrons. The molecular formula is C14H20O3. The van der Waals surface area contributed by atoms with Crippen LogP contribution < -0.4 is 0 Å². The van der Waals surface area contributed by atoms with E-state index in [-0.39, 0.29) is 11.5 Å². The van der Waals surface area contributed by atoms with Crippen molar-refractivity contribution in [1.29, 1.82) is 0 Å². The molecule has 2 unspecified atom stereocenters. The first-order valence-corrected chi connectivity index (χ1v) is 5.74. The second kappa shape index (κ2) is 5.82. The van der Waals surface area contributed by atoms with Crippen LogP contribution in [0.15, 0.2) is 30.3 Å². The van der Waals surface area contributed by atoms with E-state index in [0.29, 0.717) is 6.47 Å². The van der Waals surface area contributed by atoms with Crippen LogP contribution in [-0.4, -0.2) is 12.8 Å². The first-order chi connectivity index (χ1) is 7.95. The standard InChI is InChI=1S/C14H20O3/c1-11(12-8-6-5-7-9-12)17-13(16-10-15)14(2,3)4/h5-11,13H,1-4H3. The third-order valence-corrected chi connectivity index (χ3v) is 2.48. The lowest BCUT2D eigenvalue weighted by atomic mass is 9.95. The largest absolute Gasteiger partial charge is 0.437 e. The summed E-state index contributed by atoms with van der Waals surface area (Å²) < 4.78 is 10.8. The molecule has 1 aromatic carbocycles. The van der Waals surface area contributed by atoms with Gasteiger partial charge in [0.1, 0.15) is 0 Å². The Morgan fingerprint density at radius 1 is 1.18 bits per heavy atom. The fourth-order valence-electron chi connectivity index (χ4n) is 1.48. The van der Waals surface area contributed by atoms with Gasteiger partial charge in [-0.3, -0.25) is 4.79 Å². The molecule has 2 atom stereocenters. The van der Waals surface area contributed by atoms with E-state index in [9.17, 15) is 4.79 Å². The molecule has 0 N–H and O–H groups in total. The van der Waals surface area contributed by atoms with Crippen LogP contribution in [0.25, 0.3) is 0 Å². The van der Waals surface area contributed by atoms with Gasteiger partial charge in [-0.25, -0.2) is 0 Å². The zero-order valence-corrected chi connectivity index (χ0v) is 10.8. The molecule has 0 spiro atoms. The summed E-state index contributed by atoms with van der Waals surface area (Å²) in [6.07, 6.45) is -0.657. The van der Waals surface area contributed by atoms with Gasteiger partial charge in [0.05, 0.1) is 6.10 Å². The van der Waals surface area contributed by atoms with Crippen LogP contribution >= 0.6 is 0 Å². The van der Waals surface area contributed by atoms with Gasteiger partial charge in [-0.05, 0) is 12.5 Å². The molecule has 3 nitrogen and oxygen atoms in total. The van der Waals surface area contributed by atoms with Crippen molar-refractivity contribution >= 4 is 6.47 Å². The first kappa shape index (κ1) is 13.7. The molecule has 1 aromatic rings. The minimum atomic E-state index is -0.546. The van der Waals surface area contributed by atoms with E-state index >= 15 is 0 Å². The number of hydrogen-bond donors (Lipinski definition) is 0. The van der Waals surface area contributed by atoms with Gasteiger partial charge < -0.3 is 9.47 Å². The van der Waals surface area contributed by atoms with Crippen molar-refractivity contribution in [2.75, 3.05) is 0 Å². The molecule has 0 aliphatic heterocycles. The SMILES string of the molecule is CC(OC(OC=O)C(C)(C)C)c1ccccc1. The predicted octanol–water partition coefficient (Wildman–Crippen LogP) is 3.31. The molecule has 0 bridgehead atoms. The van der Waals surface area contributed by atoms with Crippen molar-refractivity contribution < 1.29 is 14.3 Å².